The number of rotatable bonds is 2. The van der Waals surface area contributed by atoms with Gasteiger partial charge in [-0.15, -0.1) is 0 Å². The highest BCUT2D eigenvalue weighted by atomic mass is 35.5. The van der Waals surface area contributed by atoms with E-state index in [2.05, 4.69) is 9.72 Å². The van der Waals surface area contributed by atoms with E-state index in [9.17, 15) is 18.0 Å². The van der Waals surface area contributed by atoms with Gasteiger partial charge in [0.25, 0.3) is 6.43 Å². The highest BCUT2D eigenvalue weighted by Gasteiger charge is 2.27. The molecule has 0 N–H and O–H groups in total. The zero-order valence-corrected chi connectivity index (χ0v) is 8.19. The van der Waals surface area contributed by atoms with E-state index in [1.165, 1.54) is 0 Å². The summed E-state index contributed by atoms with van der Waals surface area (Å²) in [6, 6.07) is 0. The lowest BCUT2D eigenvalue weighted by atomic mass is 10.1. The molecule has 0 radical (unpaired) electrons. The summed E-state index contributed by atoms with van der Waals surface area (Å²) in [6.07, 6.45) is -2.37. The predicted molar refractivity (Wildman–Crippen MR) is 45.5 cm³/mol. The Balaban J connectivity index is 3.45. The van der Waals surface area contributed by atoms with Gasteiger partial charge in [0.05, 0.1) is 17.7 Å². The molecule has 1 aromatic rings. The van der Waals surface area contributed by atoms with Gasteiger partial charge in [0.2, 0.25) is 5.95 Å². The molecule has 0 unspecified atom stereocenters. The molecule has 0 bridgehead atoms. The van der Waals surface area contributed by atoms with Crippen LogP contribution in [0.1, 0.15) is 22.3 Å². The SMILES string of the molecule is COC(=O)c1c(F)ncc(Cl)c1C(F)F. The minimum absolute atomic E-state index is 0.480. The van der Waals surface area contributed by atoms with Gasteiger partial charge in [-0.25, -0.2) is 18.6 Å². The maximum absolute atomic E-state index is 13.0. The number of methoxy groups -OCH3 is 1. The second-order valence-electron chi connectivity index (χ2n) is 2.48. The molecule has 15 heavy (non-hydrogen) atoms. The van der Waals surface area contributed by atoms with Crippen LogP contribution in [0.25, 0.3) is 0 Å². The third-order valence-electron chi connectivity index (χ3n) is 1.63. The van der Waals surface area contributed by atoms with Gasteiger partial charge in [-0.1, -0.05) is 11.6 Å². The second-order valence-corrected chi connectivity index (χ2v) is 2.89. The van der Waals surface area contributed by atoms with Crippen molar-refractivity contribution in [2.45, 2.75) is 6.43 Å². The van der Waals surface area contributed by atoms with Crippen LogP contribution in [0.15, 0.2) is 6.20 Å². The Hall–Kier alpha value is -1.30. The standard InChI is InChI=1S/C8H5ClF3NO2/c1-15-8(14)5-4(6(10)11)3(9)2-13-7(5)12/h2,6H,1H3. The smallest absolute Gasteiger partial charge is 0.343 e. The Morgan fingerprint density at radius 3 is 2.67 bits per heavy atom. The molecule has 0 saturated carbocycles. The molecular weight excluding hydrogens is 235 g/mol. The highest BCUT2D eigenvalue weighted by Crippen LogP contribution is 2.31. The third kappa shape index (κ3) is 2.20. The van der Waals surface area contributed by atoms with E-state index in [-0.39, 0.29) is 0 Å². The van der Waals surface area contributed by atoms with Crippen molar-refractivity contribution in [2.75, 3.05) is 7.11 Å². The molecule has 0 amide bonds. The summed E-state index contributed by atoms with van der Waals surface area (Å²) in [6.45, 7) is 0. The van der Waals surface area contributed by atoms with Gasteiger partial charge >= 0.3 is 5.97 Å². The van der Waals surface area contributed by atoms with Crippen LogP contribution in [0.3, 0.4) is 0 Å². The number of nitrogens with zero attached hydrogens (tertiary/aromatic N) is 1. The Bertz CT molecular complexity index is 398. The molecule has 0 saturated heterocycles. The van der Waals surface area contributed by atoms with E-state index in [0.29, 0.717) is 6.20 Å². The number of carbonyl (C=O) groups excluding carboxylic acids is 1. The Morgan fingerprint density at radius 1 is 1.60 bits per heavy atom. The molecule has 0 aliphatic carbocycles. The van der Waals surface area contributed by atoms with E-state index in [1.54, 1.807) is 0 Å². The zero-order valence-electron chi connectivity index (χ0n) is 7.43. The van der Waals surface area contributed by atoms with E-state index in [0.717, 1.165) is 7.11 Å². The summed E-state index contributed by atoms with van der Waals surface area (Å²) >= 11 is 5.38. The summed E-state index contributed by atoms with van der Waals surface area (Å²) < 4.78 is 42.1. The van der Waals surface area contributed by atoms with Gasteiger partial charge in [0.15, 0.2) is 0 Å². The van der Waals surface area contributed by atoms with E-state index in [1.807, 2.05) is 0 Å². The molecule has 0 atom stereocenters. The molecule has 82 valence electrons. The Labute approximate surface area is 87.8 Å². The third-order valence-corrected chi connectivity index (χ3v) is 1.93. The van der Waals surface area contributed by atoms with Crippen LogP contribution >= 0.6 is 11.6 Å². The fourth-order valence-electron chi connectivity index (χ4n) is 0.988. The van der Waals surface area contributed by atoms with Crippen LogP contribution < -0.4 is 0 Å². The average Bonchev–Trinajstić information content (AvgIpc) is 2.19. The summed E-state index contributed by atoms with van der Waals surface area (Å²) in [5.41, 5.74) is -1.84. The minimum atomic E-state index is -3.08. The fraction of sp³-hybridized carbons (Fsp3) is 0.250. The topological polar surface area (TPSA) is 39.2 Å². The number of halogens is 4. The summed E-state index contributed by atoms with van der Waals surface area (Å²) in [5.74, 6) is -2.57. The first-order valence-corrected chi connectivity index (χ1v) is 4.07. The van der Waals surface area contributed by atoms with Gasteiger partial charge in [0.1, 0.15) is 5.56 Å². The molecule has 1 aromatic heterocycles. The van der Waals surface area contributed by atoms with Crippen LogP contribution in [0.4, 0.5) is 13.2 Å². The van der Waals surface area contributed by atoms with Crippen LogP contribution in [0.5, 0.6) is 0 Å². The highest BCUT2D eigenvalue weighted by molar-refractivity contribution is 6.31. The van der Waals surface area contributed by atoms with Crippen molar-refractivity contribution in [3.05, 3.63) is 28.3 Å². The monoisotopic (exact) mass is 239 g/mol. The van der Waals surface area contributed by atoms with Crippen molar-refractivity contribution in [3.63, 3.8) is 0 Å². The van der Waals surface area contributed by atoms with Crippen molar-refractivity contribution in [2.24, 2.45) is 0 Å². The number of hydrogen-bond acceptors (Lipinski definition) is 3. The predicted octanol–water partition coefficient (Wildman–Crippen LogP) is 2.60. The molecule has 0 aliphatic rings. The maximum atomic E-state index is 13.0. The van der Waals surface area contributed by atoms with Crippen LogP contribution in [0, 0.1) is 5.95 Å². The lowest BCUT2D eigenvalue weighted by molar-refractivity contribution is 0.0581. The molecule has 0 fully saturated rings. The molecule has 1 rings (SSSR count). The Kier molecular flexibility index (Phi) is 3.52. The van der Waals surface area contributed by atoms with Crippen LogP contribution in [0.2, 0.25) is 5.02 Å². The maximum Gasteiger partial charge on any atom is 0.343 e. The molecule has 3 nitrogen and oxygen atoms in total. The lowest BCUT2D eigenvalue weighted by Gasteiger charge is -2.08. The summed E-state index contributed by atoms with van der Waals surface area (Å²) in [5, 5.41) is -0.480. The number of aromatic nitrogens is 1. The van der Waals surface area contributed by atoms with E-state index in [4.69, 9.17) is 11.6 Å². The number of ether oxygens (including phenoxy) is 1. The van der Waals surface area contributed by atoms with Crippen molar-refractivity contribution in [1.29, 1.82) is 0 Å². The molecular formula is C8H5ClF3NO2. The minimum Gasteiger partial charge on any atom is -0.465 e. The largest absolute Gasteiger partial charge is 0.465 e. The van der Waals surface area contributed by atoms with Crippen molar-refractivity contribution in [3.8, 4) is 0 Å². The Morgan fingerprint density at radius 2 is 2.20 bits per heavy atom. The number of hydrogen-bond donors (Lipinski definition) is 0. The molecule has 0 spiro atoms. The van der Waals surface area contributed by atoms with Gasteiger partial charge in [0, 0.05) is 6.20 Å². The van der Waals surface area contributed by atoms with Crippen LogP contribution in [-0.2, 0) is 4.74 Å². The first-order valence-electron chi connectivity index (χ1n) is 3.69. The molecule has 0 aliphatic heterocycles. The zero-order chi connectivity index (χ0) is 11.6. The first kappa shape index (κ1) is 11.8. The van der Waals surface area contributed by atoms with Gasteiger partial charge in [-0.3, -0.25) is 0 Å². The van der Waals surface area contributed by atoms with E-state index >= 15 is 0 Å². The summed E-state index contributed by atoms with van der Waals surface area (Å²) in [7, 11) is 0.942. The van der Waals surface area contributed by atoms with Gasteiger partial charge in [-0.05, 0) is 0 Å². The summed E-state index contributed by atoms with van der Waals surface area (Å²) in [4.78, 5) is 14.1. The van der Waals surface area contributed by atoms with Crippen LogP contribution in [-0.4, -0.2) is 18.1 Å². The normalized spacial score (nSPS) is 10.5. The fourth-order valence-corrected chi connectivity index (χ4v) is 1.21. The van der Waals surface area contributed by atoms with Crippen molar-refractivity contribution in [1.82, 2.24) is 4.98 Å². The number of alkyl halides is 2. The molecule has 7 heteroatoms. The average molecular weight is 240 g/mol. The molecule has 0 aromatic carbocycles. The second kappa shape index (κ2) is 4.48. The number of carbonyl (C=O) groups is 1. The van der Waals surface area contributed by atoms with Crippen molar-refractivity contribution >= 4 is 17.6 Å². The first-order chi connectivity index (χ1) is 6.99. The molecule has 1 heterocycles. The van der Waals surface area contributed by atoms with Crippen molar-refractivity contribution < 1.29 is 22.7 Å². The van der Waals surface area contributed by atoms with Gasteiger partial charge < -0.3 is 4.74 Å². The van der Waals surface area contributed by atoms with Gasteiger partial charge in [-0.2, -0.15) is 4.39 Å². The van der Waals surface area contributed by atoms with E-state index < -0.39 is 34.5 Å². The lowest BCUT2D eigenvalue weighted by Crippen LogP contribution is -2.11. The quantitative estimate of drug-likeness (QED) is 0.588. The number of pyridine rings is 1. The number of esters is 1.